The van der Waals surface area contributed by atoms with Crippen LogP contribution >= 0.6 is 11.3 Å². The summed E-state index contributed by atoms with van der Waals surface area (Å²) >= 11 is 1.44. The molecule has 2 rings (SSSR count). The second-order valence-electron chi connectivity index (χ2n) is 4.23. The fraction of sp³-hybridized carbons (Fsp3) is 0.231. The van der Waals surface area contributed by atoms with Crippen LogP contribution in [0, 0.1) is 0 Å². The first-order valence-corrected chi connectivity index (χ1v) is 8.49. The van der Waals surface area contributed by atoms with Crippen molar-refractivity contribution in [3.05, 3.63) is 45.9 Å². The number of carbonyl (C=O) groups is 1. The van der Waals surface area contributed by atoms with Crippen molar-refractivity contribution in [3.8, 4) is 0 Å². The summed E-state index contributed by atoms with van der Waals surface area (Å²) in [5.74, 6) is -1.17. The van der Waals surface area contributed by atoms with Crippen LogP contribution < -0.4 is 4.72 Å². The van der Waals surface area contributed by atoms with Crippen LogP contribution in [0.3, 0.4) is 0 Å². The molecule has 0 amide bonds. The number of benzene rings is 1. The molecule has 0 radical (unpaired) electrons. The number of rotatable bonds is 6. The molecular formula is C13H14N2O4S2. The van der Waals surface area contributed by atoms with E-state index in [0.29, 0.717) is 5.01 Å². The van der Waals surface area contributed by atoms with Gasteiger partial charge in [-0.3, -0.25) is 0 Å². The zero-order valence-corrected chi connectivity index (χ0v) is 12.9. The molecule has 0 fully saturated rings. The summed E-state index contributed by atoms with van der Waals surface area (Å²) in [6, 6.07) is 5.23. The van der Waals surface area contributed by atoms with E-state index in [-0.39, 0.29) is 17.0 Å². The highest BCUT2D eigenvalue weighted by atomic mass is 32.2. The molecule has 0 unspecified atom stereocenters. The number of sulfonamides is 1. The van der Waals surface area contributed by atoms with Crippen LogP contribution in [0.4, 0.5) is 0 Å². The SMILES string of the molecule is CCc1cnc(CNS(=O)(=O)c2cccc(C(=O)O)c2)s1. The van der Waals surface area contributed by atoms with Crippen LogP contribution in [0.15, 0.2) is 35.4 Å². The second kappa shape index (κ2) is 6.33. The number of aromatic carboxylic acids is 1. The lowest BCUT2D eigenvalue weighted by Crippen LogP contribution is -2.23. The Hall–Kier alpha value is -1.77. The summed E-state index contributed by atoms with van der Waals surface area (Å²) in [6.45, 7) is 2.09. The van der Waals surface area contributed by atoms with Crippen LogP contribution in [0.1, 0.15) is 27.2 Å². The van der Waals surface area contributed by atoms with Crippen molar-refractivity contribution < 1.29 is 18.3 Å². The maximum Gasteiger partial charge on any atom is 0.335 e. The first-order chi connectivity index (χ1) is 9.92. The summed E-state index contributed by atoms with van der Waals surface area (Å²) in [7, 11) is -3.76. The lowest BCUT2D eigenvalue weighted by atomic mass is 10.2. The number of hydrogen-bond donors (Lipinski definition) is 2. The normalized spacial score (nSPS) is 11.5. The van der Waals surface area contributed by atoms with E-state index in [1.54, 1.807) is 6.20 Å². The van der Waals surface area contributed by atoms with E-state index in [1.165, 1.54) is 29.5 Å². The predicted octanol–water partition coefficient (Wildman–Crippen LogP) is 1.88. The van der Waals surface area contributed by atoms with E-state index in [2.05, 4.69) is 9.71 Å². The highest BCUT2D eigenvalue weighted by Crippen LogP contribution is 2.15. The number of aryl methyl sites for hydroxylation is 1. The zero-order valence-electron chi connectivity index (χ0n) is 11.2. The maximum atomic E-state index is 12.1. The number of thiazole rings is 1. The smallest absolute Gasteiger partial charge is 0.335 e. The Morgan fingerprint density at radius 1 is 1.43 bits per heavy atom. The first kappa shape index (κ1) is 15.6. The molecule has 8 heteroatoms. The number of nitrogens with zero attached hydrogens (tertiary/aromatic N) is 1. The molecule has 112 valence electrons. The van der Waals surface area contributed by atoms with Crippen LogP contribution in [-0.2, 0) is 23.0 Å². The minimum absolute atomic E-state index is 0.0691. The molecule has 0 aliphatic rings. The fourth-order valence-electron chi connectivity index (χ4n) is 1.63. The topological polar surface area (TPSA) is 96.4 Å². The largest absolute Gasteiger partial charge is 0.478 e. The molecule has 0 atom stereocenters. The summed E-state index contributed by atoms with van der Waals surface area (Å²) in [4.78, 5) is 16.0. The molecule has 0 aliphatic carbocycles. The van der Waals surface area contributed by atoms with Gasteiger partial charge in [-0.05, 0) is 24.6 Å². The van der Waals surface area contributed by atoms with Gasteiger partial charge in [-0.15, -0.1) is 11.3 Å². The molecule has 0 spiro atoms. The second-order valence-corrected chi connectivity index (χ2v) is 7.20. The van der Waals surface area contributed by atoms with Crippen LogP contribution in [-0.4, -0.2) is 24.5 Å². The minimum atomic E-state index is -3.76. The van der Waals surface area contributed by atoms with E-state index in [0.717, 1.165) is 17.4 Å². The molecule has 2 aromatic rings. The average molecular weight is 326 g/mol. The Morgan fingerprint density at radius 2 is 2.19 bits per heavy atom. The van der Waals surface area contributed by atoms with Gasteiger partial charge in [-0.1, -0.05) is 13.0 Å². The Balaban J connectivity index is 2.14. The van der Waals surface area contributed by atoms with Gasteiger partial charge in [0.25, 0.3) is 0 Å². The Morgan fingerprint density at radius 3 is 2.81 bits per heavy atom. The maximum absolute atomic E-state index is 12.1. The molecule has 0 saturated heterocycles. The number of aromatic nitrogens is 1. The summed E-state index contributed by atoms with van der Waals surface area (Å²) in [5, 5.41) is 9.56. The van der Waals surface area contributed by atoms with Crippen molar-refractivity contribution in [1.29, 1.82) is 0 Å². The monoisotopic (exact) mass is 326 g/mol. The number of carboxylic acids is 1. The molecule has 0 aliphatic heterocycles. The van der Waals surface area contributed by atoms with E-state index in [9.17, 15) is 13.2 Å². The van der Waals surface area contributed by atoms with E-state index < -0.39 is 16.0 Å². The van der Waals surface area contributed by atoms with Crippen molar-refractivity contribution in [2.75, 3.05) is 0 Å². The van der Waals surface area contributed by atoms with Crippen LogP contribution in [0.5, 0.6) is 0 Å². The van der Waals surface area contributed by atoms with Crippen molar-refractivity contribution in [3.63, 3.8) is 0 Å². The van der Waals surface area contributed by atoms with E-state index in [4.69, 9.17) is 5.11 Å². The lowest BCUT2D eigenvalue weighted by Gasteiger charge is -2.06. The van der Waals surface area contributed by atoms with Gasteiger partial charge in [0.1, 0.15) is 5.01 Å². The van der Waals surface area contributed by atoms with Gasteiger partial charge >= 0.3 is 5.97 Å². The Bertz CT molecular complexity index is 753. The standard InChI is InChI=1S/C13H14N2O4S2/c1-2-10-7-14-12(20-10)8-15-21(18,19)11-5-3-4-9(6-11)13(16)17/h3-7,15H,2,8H2,1H3,(H,16,17). The molecule has 1 aromatic carbocycles. The van der Waals surface area contributed by atoms with Gasteiger partial charge in [0.2, 0.25) is 10.0 Å². The fourth-order valence-corrected chi connectivity index (χ4v) is 3.56. The molecule has 2 N–H and O–H groups in total. The van der Waals surface area contributed by atoms with Gasteiger partial charge < -0.3 is 5.11 Å². The third-order valence-corrected chi connectivity index (χ3v) is 5.30. The summed E-state index contributed by atoms with van der Waals surface area (Å²) < 4.78 is 26.7. The third kappa shape index (κ3) is 3.87. The number of carboxylic acid groups (broad SMARTS) is 1. The van der Waals surface area contributed by atoms with Gasteiger partial charge in [0.15, 0.2) is 0 Å². The van der Waals surface area contributed by atoms with Crippen LogP contribution in [0.25, 0.3) is 0 Å². The molecule has 21 heavy (non-hydrogen) atoms. The van der Waals surface area contributed by atoms with Crippen molar-refractivity contribution >= 4 is 27.3 Å². The summed E-state index contributed by atoms with van der Waals surface area (Å²) in [6.07, 6.45) is 2.57. The molecular weight excluding hydrogens is 312 g/mol. The van der Waals surface area contributed by atoms with Crippen molar-refractivity contribution in [2.45, 2.75) is 24.8 Å². The zero-order chi connectivity index (χ0) is 15.5. The van der Waals surface area contributed by atoms with Crippen molar-refractivity contribution in [1.82, 2.24) is 9.71 Å². The number of hydrogen-bond acceptors (Lipinski definition) is 5. The first-order valence-electron chi connectivity index (χ1n) is 6.19. The number of nitrogens with one attached hydrogen (secondary N) is 1. The predicted molar refractivity (Wildman–Crippen MR) is 78.9 cm³/mol. The highest BCUT2D eigenvalue weighted by molar-refractivity contribution is 7.89. The lowest BCUT2D eigenvalue weighted by molar-refractivity contribution is 0.0696. The van der Waals surface area contributed by atoms with Gasteiger partial charge in [-0.25, -0.2) is 22.9 Å². The molecule has 0 saturated carbocycles. The van der Waals surface area contributed by atoms with Gasteiger partial charge in [-0.2, -0.15) is 0 Å². The Kier molecular flexibility index (Phi) is 4.71. The van der Waals surface area contributed by atoms with Crippen LogP contribution in [0.2, 0.25) is 0 Å². The molecule has 6 nitrogen and oxygen atoms in total. The Labute approximate surface area is 126 Å². The van der Waals surface area contributed by atoms with E-state index >= 15 is 0 Å². The van der Waals surface area contributed by atoms with Gasteiger partial charge in [0, 0.05) is 11.1 Å². The highest BCUT2D eigenvalue weighted by Gasteiger charge is 2.16. The molecule has 1 aromatic heterocycles. The summed E-state index contributed by atoms with van der Waals surface area (Å²) in [5.41, 5.74) is -0.0691. The molecule has 1 heterocycles. The quantitative estimate of drug-likeness (QED) is 0.845. The minimum Gasteiger partial charge on any atom is -0.478 e. The van der Waals surface area contributed by atoms with Crippen molar-refractivity contribution in [2.24, 2.45) is 0 Å². The third-order valence-electron chi connectivity index (χ3n) is 2.75. The molecule has 0 bridgehead atoms. The average Bonchev–Trinajstić information content (AvgIpc) is 2.93. The van der Waals surface area contributed by atoms with Gasteiger partial charge in [0.05, 0.1) is 17.0 Å². The van der Waals surface area contributed by atoms with E-state index in [1.807, 2.05) is 6.92 Å².